The zero-order chi connectivity index (χ0) is 27.5. The van der Waals surface area contributed by atoms with E-state index >= 15 is 0 Å². The Bertz CT molecular complexity index is 1240. The quantitative estimate of drug-likeness (QED) is 0.466. The lowest BCUT2D eigenvalue weighted by Crippen LogP contribution is -2.33. The molecule has 8 nitrogen and oxygen atoms in total. The average molecular weight is 518 g/mol. The molecule has 1 N–H and O–H groups in total. The number of nitrogens with one attached hydrogen (secondary N) is 1. The van der Waals surface area contributed by atoms with Crippen molar-refractivity contribution in [2.45, 2.75) is 65.9 Å². The first kappa shape index (κ1) is 28.9. The fourth-order valence-electron chi connectivity index (χ4n) is 4.61. The molecule has 0 saturated carbocycles. The van der Waals surface area contributed by atoms with Crippen LogP contribution in [0.2, 0.25) is 0 Å². The van der Waals surface area contributed by atoms with Gasteiger partial charge in [0.1, 0.15) is 11.8 Å². The summed E-state index contributed by atoms with van der Waals surface area (Å²) in [5.41, 5.74) is 4.89. The van der Waals surface area contributed by atoms with Crippen molar-refractivity contribution in [3.8, 4) is 34.7 Å². The summed E-state index contributed by atoms with van der Waals surface area (Å²) in [5, 5.41) is 16.2. The van der Waals surface area contributed by atoms with Crippen LogP contribution in [0.15, 0.2) is 40.9 Å². The Labute approximate surface area is 226 Å². The Kier molecular flexibility index (Phi) is 10.9. The third kappa shape index (κ3) is 7.42. The predicted octanol–water partition coefficient (Wildman–Crippen LogP) is 5.41. The summed E-state index contributed by atoms with van der Waals surface area (Å²) in [5.74, 6) is 1.69. The molecule has 0 unspecified atom stereocenters. The molecule has 5 rings (SSSR count). The summed E-state index contributed by atoms with van der Waals surface area (Å²) < 4.78 is 11.1. The molecule has 1 fully saturated rings. The third-order valence-electron chi connectivity index (χ3n) is 6.37. The van der Waals surface area contributed by atoms with Crippen LogP contribution in [0.25, 0.3) is 22.8 Å². The van der Waals surface area contributed by atoms with Gasteiger partial charge in [0.2, 0.25) is 11.7 Å². The molecule has 3 aromatic rings. The molecule has 1 aliphatic carbocycles. The minimum atomic E-state index is 0.00290. The van der Waals surface area contributed by atoms with Crippen molar-refractivity contribution in [2.24, 2.45) is 0 Å². The van der Waals surface area contributed by atoms with Crippen LogP contribution >= 0.6 is 0 Å². The number of likely N-dealkylation sites (N-methyl/N-ethyl adjacent to an activating group) is 1. The number of carbonyl (C=O) groups excluding carboxylic acids is 1. The average Bonchev–Trinajstić information content (AvgIpc) is 3.72. The number of likely N-dealkylation sites (tertiary alicyclic amines) is 1. The first-order chi connectivity index (χ1) is 18.5. The maximum Gasteiger partial charge on any atom is 0.258 e. The SMILES string of the molecule is CC.CC(C)Oc1ccc(-c2nc(-c3cccc4c3CCC4)no2)cc1C#N.CNC(=O)CN1CCCC1. The minimum absolute atomic E-state index is 0.00290. The van der Waals surface area contributed by atoms with Crippen LogP contribution in [0.4, 0.5) is 0 Å². The van der Waals surface area contributed by atoms with Gasteiger partial charge in [0.15, 0.2) is 0 Å². The van der Waals surface area contributed by atoms with Gasteiger partial charge in [-0.05, 0) is 88.4 Å². The first-order valence-electron chi connectivity index (χ1n) is 13.6. The van der Waals surface area contributed by atoms with Gasteiger partial charge in [0.25, 0.3) is 5.89 Å². The number of carbonyl (C=O) groups is 1. The van der Waals surface area contributed by atoms with Gasteiger partial charge in [-0.1, -0.05) is 37.2 Å². The fraction of sp³-hybridized carbons (Fsp3) is 0.467. The number of amides is 1. The smallest absolute Gasteiger partial charge is 0.258 e. The van der Waals surface area contributed by atoms with Crippen LogP contribution in [0, 0.1) is 11.3 Å². The number of hydrogen-bond donors (Lipinski definition) is 1. The topological polar surface area (TPSA) is 104 Å². The highest BCUT2D eigenvalue weighted by atomic mass is 16.5. The van der Waals surface area contributed by atoms with E-state index in [1.165, 1.54) is 30.4 Å². The van der Waals surface area contributed by atoms with Crippen LogP contribution < -0.4 is 10.1 Å². The molecule has 1 amide bonds. The lowest BCUT2D eigenvalue weighted by Gasteiger charge is -2.11. The summed E-state index contributed by atoms with van der Waals surface area (Å²) in [6, 6.07) is 13.8. The van der Waals surface area contributed by atoms with Crippen molar-refractivity contribution in [3.63, 3.8) is 0 Å². The molecule has 1 saturated heterocycles. The fourth-order valence-corrected chi connectivity index (χ4v) is 4.61. The summed E-state index contributed by atoms with van der Waals surface area (Å²) in [7, 11) is 1.68. The highest BCUT2D eigenvalue weighted by molar-refractivity contribution is 5.77. The van der Waals surface area contributed by atoms with Crippen LogP contribution in [-0.4, -0.2) is 53.7 Å². The Hall–Kier alpha value is -3.70. The second-order valence-corrected chi connectivity index (χ2v) is 9.37. The monoisotopic (exact) mass is 517 g/mol. The number of hydrogen-bond acceptors (Lipinski definition) is 7. The number of benzene rings is 2. The maximum absolute atomic E-state index is 10.8. The third-order valence-corrected chi connectivity index (χ3v) is 6.37. The molecule has 0 spiro atoms. The van der Waals surface area contributed by atoms with Gasteiger partial charge in [-0.2, -0.15) is 10.2 Å². The summed E-state index contributed by atoms with van der Waals surface area (Å²) in [4.78, 5) is 17.6. The molecule has 0 atom stereocenters. The molecule has 2 aliphatic rings. The van der Waals surface area contributed by atoms with Gasteiger partial charge in [-0.15, -0.1) is 0 Å². The van der Waals surface area contributed by atoms with E-state index in [-0.39, 0.29) is 12.0 Å². The molecule has 202 valence electrons. The number of aryl methyl sites for hydroxylation is 1. The molecule has 2 heterocycles. The van der Waals surface area contributed by atoms with Crippen LogP contribution in [0.3, 0.4) is 0 Å². The van der Waals surface area contributed by atoms with Crippen molar-refractivity contribution in [3.05, 3.63) is 53.1 Å². The number of rotatable bonds is 6. The van der Waals surface area contributed by atoms with Crippen LogP contribution in [-0.2, 0) is 17.6 Å². The van der Waals surface area contributed by atoms with Gasteiger partial charge in [-0.3, -0.25) is 9.69 Å². The second kappa shape index (κ2) is 14.3. The maximum atomic E-state index is 10.8. The highest BCUT2D eigenvalue weighted by Crippen LogP contribution is 2.33. The second-order valence-electron chi connectivity index (χ2n) is 9.37. The molecule has 0 bridgehead atoms. The van der Waals surface area contributed by atoms with Gasteiger partial charge >= 0.3 is 0 Å². The van der Waals surface area contributed by atoms with E-state index in [9.17, 15) is 10.1 Å². The molecule has 8 heteroatoms. The van der Waals surface area contributed by atoms with Crippen molar-refractivity contribution in [1.29, 1.82) is 5.26 Å². The number of ether oxygens (including phenoxy) is 1. The van der Waals surface area contributed by atoms with Gasteiger partial charge in [0.05, 0.1) is 18.2 Å². The Balaban J connectivity index is 0.000000280. The van der Waals surface area contributed by atoms with E-state index in [0.29, 0.717) is 35.1 Å². The van der Waals surface area contributed by atoms with Gasteiger partial charge < -0.3 is 14.6 Å². The molecule has 38 heavy (non-hydrogen) atoms. The number of fused-ring (bicyclic) bond motifs is 1. The van der Waals surface area contributed by atoms with Gasteiger partial charge in [-0.25, -0.2) is 0 Å². The van der Waals surface area contributed by atoms with Crippen molar-refractivity contribution < 1.29 is 14.1 Å². The summed E-state index contributed by atoms with van der Waals surface area (Å²) >= 11 is 0. The molecule has 0 radical (unpaired) electrons. The lowest BCUT2D eigenvalue weighted by atomic mass is 10.0. The van der Waals surface area contributed by atoms with E-state index in [1.807, 2.05) is 45.9 Å². The van der Waals surface area contributed by atoms with E-state index in [1.54, 1.807) is 19.2 Å². The van der Waals surface area contributed by atoms with Crippen LogP contribution in [0.1, 0.15) is 63.6 Å². The largest absolute Gasteiger partial charge is 0.490 e. The molecular weight excluding hydrogens is 478 g/mol. The Morgan fingerprint density at radius 1 is 1.16 bits per heavy atom. The minimum Gasteiger partial charge on any atom is -0.490 e. The van der Waals surface area contributed by atoms with Crippen molar-refractivity contribution in [2.75, 3.05) is 26.7 Å². The zero-order valence-electron chi connectivity index (χ0n) is 23.2. The molecule has 2 aromatic carbocycles. The summed E-state index contributed by atoms with van der Waals surface area (Å²) in [6.07, 6.45) is 5.82. The van der Waals surface area contributed by atoms with Crippen molar-refractivity contribution >= 4 is 5.91 Å². The van der Waals surface area contributed by atoms with E-state index in [4.69, 9.17) is 9.26 Å². The Morgan fingerprint density at radius 3 is 2.61 bits per heavy atom. The number of aromatic nitrogens is 2. The Morgan fingerprint density at radius 2 is 1.92 bits per heavy atom. The summed E-state index contributed by atoms with van der Waals surface area (Å²) in [6.45, 7) is 10.6. The molecular formula is C30H39N5O3. The van der Waals surface area contributed by atoms with E-state index in [0.717, 1.165) is 31.5 Å². The molecule has 1 aliphatic heterocycles. The highest BCUT2D eigenvalue weighted by Gasteiger charge is 2.20. The standard InChI is InChI=1S/C21H19N3O2.C7H14N2O.C2H6/c1-13(2)25-19-10-9-15(11-16(19)12-22)21-23-20(24-26-21)18-8-4-6-14-5-3-7-17(14)18;1-8-7(10)6-9-4-2-3-5-9;1-2/h4,6,8-11,13H,3,5,7H2,1-2H3;2-6H2,1H3,(H,8,10);1-2H3. The van der Waals surface area contributed by atoms with E-state index < -0.39 is 0 Å². The molecule has 1 aromatic heterocycles. The normalized spacial score (nSPS) is 14.0. The van der Waals surface area contributed by atoms with Crippen LogP contribution in [0.5, 0.6) is 5.75 Å². The van der Waals surface area contributed by atoms with Crippen molar-refractivity contribution in [1.82, 2.24) is 20.4 Å². The zero-order valence-corrected chi connectivity index (χ0v) is 23.2. The number of nitriles is 1. The first-order valence-corrected chi connectivity index (χ1v) is 13.6. The lowest BCUT2D eigenvalue weighted by molar-refractivity contribution is -0.121. The van der Waals surface area contributed by atoms with E-state index in [2.05, 4.69) is 32.5 Å². The van der Waals surface area contributed by atoms with Gasteiger partial charge in [0, 0.05) is 18.2 Å². The predicted molar refractivity (Wildman–Crippen MR) is 149 cm³/mol. The number of nitrogens with zero attached hydrogens (tertiary/aromatic N) is 4.